The molecule has 2 aromatic carbocycles. The summed E-state index contributed by atoms with van der Waals surface area (Å²) in [6.45, 7) is 2.05. The Kier molecular flexibility index (Phi) is 5.53. The van der Waals surface area contributed by atoms with Gasteiger partial charge in [-0.25, -0.2) is 0 Å². The Morgan fingerprint density at radius 1 is 1.24 bits per heavy atom. The monoisotopic (exact) mass is 320 g/mol. The van der Waals surface area contributed by atoms with Crippen molar-refractivity contribution >= 4 is 40.6 Å². The van der Waals surface area contributed by atoms with Crippen LogP contribution in [0.5, 0.6) is 0 Å². The lowest BCUT2D eigenvalue weighted by molar-refractivity contribution is -0.115. The van der Waals surface area contributed by atoms with E-state index < -0.39 is 0 Å². The third-order valence-electron chi connectivity index (χ3n) is 2.91. The van der Waals surface area contributed by atoms with Gasteiger partial charge in [-0.2, -0.15) is 0 Å². The van der Waals surface area contributed by atoms with Crippen LogP contribution in [0.4, 0.5) is 11.4 Å². The summed E-state index contributed by atoms with van der Waals surface area (Å²) in [6, 6.07) is 13.3. The maximum atomic E-state index is 11.9. The molecule has 0 aliphatic rings. The first-order valence-corrected chi connectivity index (χ1v) is 7.95. The molecule has 0 unspecified atom stereocenters. The molecule has 0 saturated carbocycles. The molecule has 21 heavy (non-hydrogen) atoms. The first kappa shape index (κ1) is 15.7. The van der Waals surface area contributed by atoms with Crippen LogP contribution >= 0.6 is 23.4 Å². The average Bonchev–Trinajstić information content (AvgIpc) is 2.45. The third kappa shape index (κ3) is 4.99. The highest BCUT2D eigenvalue weighted by atomic mass is 35.5. The van der Waals surface area contributed by atoms with Crippen molar-refractivity contribution in [2.75, 3.05) is 16.8 Å². The Labute approximate surface area is 133 Å². The van der Waals surface area contributed by atoms with E-state index in [-0.39, 0.29) is 5.91 Å². The van der Waals surface area contributed by atoms with Gasteiger partial charge in [-0.1, -0.05) is 29.3 Å². The number of nitrogens with one attached hydrogen (secondary N) is 1. The Hall–Kier alpha value is -1.65. The van der Waals surface area contributed by atoms with Gasteiger partial charge in [0.15, 0.2) is 0 Å². The van der Waals surface area contributed by atoms with Gasteiger partial charge in [0.25, 0.3) is 0 Å². The lowest BCUT2D eigenvalue weighted by Crippen LogP contribution is -2.13. The maximum Gasteiger partial charge on any atom is 0.225 e. The number of nitrogens with two attached hydrogens (primary N) is 1. The van der Waals surface area contributed by atoms with Gasteiger partial charge in [0.1, 0.15) is 0 Å². The summed E-state index contributed by atoms with van der Waals surface area (Å²) in [5, 5.41) is 3.33. The fourth-order valence-electron chi connectivity index (χ4n) is 1.75. The highest BCUT2D eigenvalue weighted by Crippen LogP contribution is 2.24. The molecular weight excluding hydrogens is 304 g/mol. The van der Waals surface area contributed by atoms with Gasteiger partial charge in [-0.05, 0) is 37.3 Å². The standard InChI is InChI=1S/C16H17ClN2OS/c1-11-2-5-13(6-3-11)21-9-8-16(20)19-15-10-12(17)4-7-14(15)18/h2-7,10H,8-9,18H2,1H3,(H,19,20). The summed E-state index contributed by atoms with van der Waals surface area (Å²) >= 11 is 7.54. The zero-order chi connectivity index (χ0) is 15.2. The van der Waals surface area contributed by atoms with Crippen LogP contribution in [0, 0.1) is 6.92 Å². The highest BCUT2D eigenvalue weighted by molar-refractivity contribution is 7.99. The first-order chi connectivity index (χ1) is 10.0. The summed E-state index contributed by atoms with van der Waals surface area (Å²) in [7, 11) is 0. The molecule has 0 aromatic heterocycles. The molecular formula is C16H17ClN2OS. The number of carbonyl (C=O) groups excluding carboxylic acids is 1. The highest BCUT2D eigenvalue weighted by Gasteiger charge is 2.06. The zero-order valence-corrected chi connectivity index (χ0v) is 13.3. The van der Waals surface area contributed by atoms with E-state index in [9.17, 15) is 4.79 Å². The summed E-state index contributed by atoms with van der Waals surface area (Å²) in [6.07, 6.45) is 0.421. The third-order valence-corrected chi connectivity index (χ3v) is 4.16. The van der Waals surface area contributed by atoms with Crippen LogP contribution in [-0.4, -0.2) is 11.7 Å². The van der Waals surface area contributed by atoms with Gasteiger partial charge in [-0.3, -0.25) is 4.79 Å². The summed E-state index contributed by atoms with van der Waals surface area (Å²) < 4.78 is 0. The molecule has 2 rings (SSSR count). The number of anilines is 2. The Balaban J connectivity index is 1.82. The minimum Gasteiger partial charge on any atom is -0.397 e. The van der Waals surface area contributed by atoms with Gasteiger partial charge < -0.3 is 11.1 Å². The lowest BCUT2D eigenvalue weighted by Gasteiger charge is -2.08. The minimum atomic E-state index is -0.0661. The van der Waals surface area contributed by atoms with Crippen LogP contribution in [-0.2, 0) is 4.79 Å². The number of hydrogen-bond donors (Lipinski definition) is 2. The minimum absolute atomic E-state index is 0.0661. The zero-order valence-electron chi connectivity index (χ0n) is 11.7. The summed E-state index contributed by atoms with van der Waals surface area (Å²) in [4.78, 5) is 13.1. The first-order valence-electron chi connectivity index (χ1n) is 6.59. The van der Waals surface area contributed by atoms with Crippen LogP contribution < -0.4 is 11.1 Å². The molecule has 1 amide bonds. The second-order valence-electron chi connectivity index (χ2n) is 4.69. The number of aryl methyl sites for hydroxylation is 1. The molecule has 0 atom stereocenters. The van der Waals surface area contributed by atoms with Gasteiger partial charge in [0, 0.05) is 22.1 Å². The van der Waals surface area contributed by atoms with Gasteiger partial charge >= 0.3 is 0 Å². The molecule has 0 bridgehead atoms. The molecule has 3 N–H and O–H groups in total. The molecule has 3 nitrogen and oxygen atoms in total. The van der Waals surface area contributed by atoms with Crippen LogP contribution in [0.25, 0.3) is 0 Å². The topological polar surface area (TPSA) is 55.1 Å². The second-order valence-corrected chi connectivity index (χ2v) is 6.30. The average molecular weight is 321 g/mol. The van der Waals surface area contributed by atoms with E-state index in [2.05, 4.69) is 36.5 Å². The number of nitrogen functional groups attached to an aromatic ring is 1. The van der Waals surface area contributed by atoms with Crippen molar-refractivity contribution in [1.82, 2.24) is 0 Å². The Morgan fingerprint density at radius 2 is 1.95 bits per heavy atom. The van der Waals surface area contributed by atoms with E-state index in [0.29, 0.717) is 22.8 Å². The van der Waals surface area contributed by atoms with E-state index in [1.54, 1.807) is 30.0 Å². The summed E-state index contributed by atoms with van der Waals surface area (Å²) in [5.41, 5.74) is 8.10. The van der Waals surface area contributed by atoms with Crippen LogP contribution in [0.15, 0.2) is 47.4 Å². The van der Waals surface area contributed by atoms with Crippen molar-refractivity contribution in [3.63, 3.8) is 0 Å². The van der Waals surface area contributed by atoms with E-state index in [1.807, 2.05) is 0 Å². The fourth-order valence-corrected chi connectivity index (χ4v) is 2.77. The number of benzene rings is 2. The molecule has 110 valence electrons. The molecule has 0 heterocycles. The predicted molar refractivity (Wildman–Crippen MR) is 91.0 cm³/mol. The second kappa shape index (κ2) is 7.38. The van der Waals surface area contributed by atoms with Gasteiger partial charge in [0.05, 0.1) is 11.4 Å². The maximum absolute atomic E-state index is 11.9. The van der Waals surface area contributed by atoms with Crippen LogP contribution in [0.2, 0.25) is 5.02 Å². The molecule has 5 heteroatoms. The largest absolute Gasteiger partial charge is 0.397 e. The molecule has 0 aliphatic heterocycles. The fraction of sp³-hybridized carbons (Fsp3) is 0.188. The molecule has 0 aliphatic carbocycles. The van der Waals surface area contributed by atoms with Crippen LogP contribution in [0.3, 0.4) is 0 Å². The summed E-state index contributed by atoms with van der Waals surface area (Å²) in [5.74, 6) is 0.651. The Bertz CT molecular complexity index is 629. The number of hydrogen-bond acceptors (Lipinski definition) is 3. The van der Waals surface area contributed by atoms with Gasteiger partial charge in [-0.15, -0.1) is 11.8 Å². The molecule has 0 saturated heterocycles. The quantitative estimate of drug-likeness (QED) is 0.636. The van der Waals surface area contributed by atoms with Crippen molar-refractivity contribution in [1.29, 1.82) is 0 Å². The normalized spacial score (nSPS) is 10.4. The molecule has 0 radical (unpaired) electrons. The number of carbonyl (C=O) groups is 1. The predicted octanol–water partition coefficient (Wildman–Crippen LogP) is 4.35. The van der Waals surface area contributed by atoms with Crippen molar-refractivity contribution in [3.8, 4) is 0 Å². The van der Waals surface area contributed by atoms with Crippen molar-refractivity contribution in [3.05, 3.63) is 53.1 Å². The lowest BCUT2D eigenvalue weighted by atomic mass is 10.2. The SMILES string of the molecule is Cc1ccc(SCCC(=O)Nc2cc(Cl)ccc2N)cc1. The van der Waals surface area contributed by atoms with Crippen molar-refractivity contribution < 1.29 is 4.79 Å². The Morgan fingerprint density at radius 3 is 2.67 bits per heavy atom. The number of rotatable bonds is 5. The number of thioether (sulfide) groups is 1. The smallest absolute Gasteiger partial charge is 0.225 e. The van der Waals surface area contributed by atoms with Crippen molar-refractivity contribution in [2.45, 2.75) is 18.2 Å². The van der Waals surface area contributed by atoms with E-state index >= 15 is 0 Å². The van der Waals surface area contributed by atoms with E-state index in [0.717, 1.165) is 10.6 Å². The molecule has 0 fully saturated rings. The number of halogens is 1. The van der Waals surface area contributed by atoms with E-state index in [1.165, 1.54) is 5.56 Å². The van der Waals surface area contributed by atoms with E-state index in [4.69, 9.17) is 17.3 Å². The van der Waals surface area contributed by atoms with Gasteiger partial charge in [0.2, 0.25) is 5.91 Å². The molecule has 2 aromatic rings. The van der Waals surface area contributed by atoms with Crippen LogP contribution in [0.1, 0.15) is 12.0 Å². The molecule has 0 spiro atoms. The van der Waals surface area contributed by atoms with Crippen molar-refractivity contribution in [2.24, 2.45) is 0 Å². The number of amides is 1.